The van der Waals surface area contributed by atoms with Crippen LogP contribution in [0.15, 0.2) is 58.7 Å². The van der Waals surface area contributed by atoms with Gasteiger partial charge in [0.15, 0.2) is 0 Å². The molecular formula is C19H18BrNO4. The van der Waals surface area contributed by atoms with Crippen molar-refractivity contribution in [2.75, 3.05) is 0 Å². The van der Waals surface area contributed by atoms with Crippen molar-refractivity contribution in [1.29, 1.82) is 0 Å². The van der Waals surface area contributed by atoms with Gasteiger partial charge in [-0.2, -0.15) is 0 Å². The van der Waals surface area contributed by atoms with Crippen LogP contribution in [0.1, 0.15) is 25.3 Å². The number of benzene rings is 2. The molecule has 0 atom stereocenters. The molecule has 0 spiro atoms. The van der Waals surface area contributed by atoms with Gasteiger partial charge in [0.05, 0.1) is 4.47 Å². The van der Waals surface area contributed by atoms with Crippen molar-refractivity contribution in [3.8, 4) is 11.5 Å². The summed E-state index contributed by atoms with van der Waals surface area (Å²) in [5, 5.41) is 11.6. The zero-order chi connectivity index (χ0) is 18.2. The average molecular weight is 404 g/mol. The first-order valence-electron chi connectivity index (χ1n) is 7.77. The third-order valence-corrected chi connectivity index (χ3v) is 3.89. The van der Waals surface area contributed by atoms with E-state index in [-0.39, 0.29) is 18.0 Å². The van der Waals surface area contributed by atoms with E-state index in [2.05, 4.69) is 21.2 Å². The minimum atomic E-state index is -1.18. The van der Waals surface area contributed by atoms with Crippen LogP contribution < -0.4 is 10.1 Å². The van der Waals surface area contributed by atoms with Crippen LogP contribution in [0.2, 0.25) is 0 Å². The molecule has 0 saturated carbocycles. The maximum atomic E-state index is 11.6. The van der Waals surface area contributed by atoms with E-state index in [1.165, 1.54) is 6.08 Å². The predicted octanol–water partition coefficient (Wildman–Crippen LogP) is 4.58. The second-order valence-corrected chi connectivity index (χ2v) is 6.12. The summed E-state index contributed by atoms with van der Waals surface area (Å²) in [7, 11) is 0. The molecular weight excluding hydrogens is 386 g/mol. The van der Waals surface area contributed by atoms with E-state index < -0.39 is 5.97 Å². The number of hydrogen-bond donors (Lipinski definition) is 2. The van der Waals surface area contributed by atoms with Gasteiger partial charge in [-0.05, 0) is 58.3 Å². The van der Waals surface area contributed by atoms with E-state index in [0.29, 0.717) is 23.5 Å². The molecule has 6 heteroatoms. The van der Waals surface area contributed by atoms with E-state index in [1.54, 1.807) is 24.3 Å². The quantitative estimate of drug-likeness (QED) is 0.663. The van der Waals surface area contributed by atoms with Gasteiger partial charge in [-0.15, -0.1) is 0 Å². The monoisotopic (exact) mass is 403 g/mol. The summed E-state index contributed by atoms with van der Waals surface area (Å²) in [4.78, 5) is 22.9. The molecule has 0 saturated heterocycles. The molecule has 0 heterocycles. The minimum Gasteiger partial charge on any atom is -0.477 e. The normalized spacial score (nSPS) is 11.0. The predicted molar refractivity (Wildman–Crippen MR) is 99.3 cm³/mol. The lowest BCUT2D eigenvalue weighted by Crippen LogP contribution is -2.26. The molecule has 0 aliphatic carbocycles. The van der Waals surface area contributed by atoms with Gasteiger partial charge in [0.25, 0.3) is 0 Å². The molecule has 130 valence electrons. The van der Waals surface area contributed by atoms with Crippen molar-refractivity contribution in [2.24, 2.45) is 0 Å². The number of hydrogen-bond acceptors (Lipinski definition) is 3. The van der Waals surface area contributed by atoms with Gasteiger partial charge in [0, 0.05) is 6.42 Å². The lowest BCUT2D eigenvalue weighted by atomic mass is 10.2. The molecule has 2 aromatic rings. The molecule has 0 radical (unpaired) electrons. The molecule has 2 aromatic carbocycles. The Morgan fingerprint density at radius 3 is 2.44 bits per heavy atom. The molecule has 0 aromatic heterocycles. The van der Waals surface area contributed by atoms with Crippen LogP contribution in [-0.2, 0) is 9.59 Å². The fourth-order valence-corrected chi connectivity index (χ4v) is 2.41. The summed E-state index contributed by atoms with van der Waals surface area (Å²) in [6.07, 6.45) is 2.35. The highest BCUT2D eigenvalue weighted by molar-refractivity contribution is 9.10. The highest BCUT2D eigenvalue weighted by Crippen LogP contribution is 2.29. The summed E-state index contributed by atoms with van der Waals surface area (Å²) >= 11 is 3.41. The Bertz CT molecular complexity index is 784. The number of para-hydroxylation sites is 1. The third-order valence-electron chi connectivity index (χ3n) is 3.24. The summed E-state index contributed by atoms with van der Waals surface area (Å²) in [5.41, 5.74) is 0.492. The molecule has 5 nitrogen and oxygen atoms in total. The molecule has 2 N–H and O–H groups in total. The standard InChI is InChI=1S/C19H18BrNO4/c1-2-5-18(22)21-16(19(23)24)12-13-8-10-14(11-9-13)25-17-7-4-3-6-15(17)20/h3-4,6-12H,2,5H2,1H3,(H,21,22)(H,23,24). The SMILES string of the molecule is CCCC(=O)NC(=Cc1ccc(Oc2ccccc2Br)cc1)C(=O)O. The topological polar surface area (TPSA) is 75.6 Å². The first-order chi connectivity index (χ1) is 12.0. The van der Waals surface area contributed by atoms with E-state index in [0.717, 1.165) is 4.47 Å². The first kappa shape index (κ1) is 18.7. The Hall–Kier alpha value is -2.60. The second-order valence-electron chi connectivity index (χ2n) is 5.26. The zero-order valence-electron chi connectivity index (χ0n) is 13.7. The van der Waals surface area contributed by atoms with Gasteiger partial charge < -0.3 is 15.2 Å². The average Bonchev–Trinajstić information content (AvgIpc) is 2.58. The second kappa shape index (κ2) is 9.03. The van der Waals surface area contributed by atoms with E-state index in [9.17, 15) is 14.7 Å². The van der Waals surface area contributed by atoms with Crippen LogP contribution in [-0.4, -0.2) is 17.0 Å². The van der Waals surface area contributed by atoms with Crippen molar-refractivity contribution in [1.82, 2.24) is 5.32 Å². The number of amides is 1. The van der Waals surface area contributed by atoms with Gasteiger partial charge in [-0.25, -0.2) is 4.79 Å². The Kier molecular flexibility index (Phi) is 6.77. The van der Waals surface area contributed by atoms with Crippen molar-refractivity contribution >= 4 is 33.9 Å². The molecule has 0 bridgehead atoms. The van der Waals surface area contributed by atoms with Crippen LogP contribution in [0.4, 0.5) is 0 Å². The van der Waals surface area contributed by atoms with Crippen LogP contribution >= 0.6 is 15.9 Å². The molecule has 0 unspecified atom stereocenters. The zero-order valence-corrected chi connectivity index (χ0v) is 15.2. The van der Waals surface area contributed by atoms with Gasteiger partial charge in [-0.1, -0.05) is 31.2 Å². The van der Waals surface area contributed by atoms with Crippen molar-refractivity contribution in [2.45, 2.75) is 19.8 Å². The Morgan fingerprint density at radius 1 is 1.16 bits per heavy atom. The largest absolute Gasteiger partial charge is 0.477 e. The first-order valence-corrected chi connectivity index (χ1v) is 8.56. The van der Waals surface area contributed by atoms with Crippen molar-refractivity contribution < 1.29 is 19.4 Å². The number of carbonyl (C=O) groups excluding carboxylic acids is 1. The number of aliphatic carboxylic acids is 1. The minimum absolute atomic E-state index is 0.155. The number of ether oxygens (including phenoxy) is 1. The van der Waals surface area contributed by atoms with Gasteiger partial charge in [0.2, 0.25) is 5.91 Å². The van der Waals surface area contributed by atoms with Crippen LogP contribution in [0.3, 0.4) is 0 Å². The van der Waals surface area contributed by atoms with Crippen LogP contribution in [0.5, 0.6) is 11.5 Å². The van der Waals surface area contributed by atoms with Gasteiger partial charge >= 0.3 is 5.97 Å². The summed E-state index contributed by atoms with van der Waals surface area (Å²) < 4.78 is 6.60. The van der Waals surface area contributed by atoms with Gasteiger partial charge in [0.1, 0.15) is 17.2 Å². The smallest absolute Gasteiger partial charge is 0.352 e. The molecule has 0 aliphatic heterocycles. The number of carbonyl (C=O) groups is 2. The van der Waals surface area contributed by atoms with E-state index in [1.807, 2.05) is 31.2 Å². The number of halogens is 1. The number of carboxylic acids is 1. The summed E-state index contributed by atoms with van der Waals surface area (Å²) in [6.45, 7) is 1.85. The maximum Gasteiger partial charge on any atom is 0.352 e. The summed E-state index contributed by atoms with van der Waals surface area (Å²) in [6, 6.07) is 14.4. The number of carboxylic acid groups (broad SMARTS) is 1. The van der Waals surface area contributed by atoms with E-state index in [4.69, 9.17) is 4.74 Å². The fourth-order valence-electron chi connectivity index (χ4n) is 2.04. The third kappa shape index (κ3) is 5.76. The fraction of sp³-hybridized carbons (Fsp3) is 0.158. The molecule has 0 aliphatic rings. The molecule has 1 amide bonds. The number of nitrogens with one attached hydrogen (secondary N) is 1. The molecule has 25 heavy (non-hydrogen) atoms. The van der Waals surface area contributed by atoms with E-state index >= 15 is 0 Å². The molecule has 0 fully saturated rings. The summed E-state index contributed by atoms with van der Waals surface area (Å²) in [5.74, 6) is -0.192. The lowest BCUT2D eigenvalue weighted by molar-refractivity contribution is -0.134. The van der Waals surface area contributed by atoms with Gasteiger partial charge in [-0.3, -0.25) is 4.79 Å². The maximum absolute atomic E-state index is 11.6. The highest BCUT2D eigenvalue weighted by atomic mass is 79.9. The van der Waals surface area contributed by atoms with Crippen molar-refractivity contribution in [3.05, 3.63) is 64.3 Å². The Labute approximate surface area is 154 Å². The Balaban J connectivity index is 2.13. The highest BCUT2D eigenvalue weighted by Gasteiger charge is 2.11. The van der Waals surface area contributed by atoms with Crippen molar-refractivity contribution in [3.63, 3.8) is 0 Å². The molecule has 2 rings (SSSR count). The van der Waals surface area contributed by atoms with Crippen LogP contribution in [0, 0.1) is 0 Å². The number of rotatable bonds is 7. The lowest BCUT2D eigenvalue weighted by Gasteiger charge is -2.08. The Morgan fingerprint density at radius 2 is 1.84 bits per heavy atom. The van der Waals surface area contributed by atoms with Crippen LogP contribution in [0.25, 0.3) is 6.08 Å².